The molecule has 1 saturated heterocycles. The van der Waals surface area contributed by atoms with E-state index in [0.29, 0.717) is 6.42 Å². The maximum atomic E-state index is 11.8. The Labute approximate surface area is 131 Å². The molecule has 0 saturated carbocycles. The largest absolute Gasteiger partial charge is 0.444 e. The van der Waals surface area contributed by atoms with Gasteiger partial charge < -0.3 is 24.8 Å². The molecule has 1 rings (SSSR count). The van der Waals surface area contributed by atoms with Gasteiger partial charge in [0.2, 0.25) is 0 Å². The number of β-amino-alcohol motifs (C(OH)–C–C–N with tert-alkyl or cyclic N) is 1. The summed E-state index contributed by atoms with van der Waals surface area (Å²) in [7, 11) is 0. The Hall–Kier alpha value is -1.50. The van der Waals surface area contributed by atoms with E-state index in [1.807, 2.05) is 0 Å². The lowest BCUT2D eigenvalue weighted by atomic mass is 9.91. The summed E-state index contributed by atoms with van der Waals surface area (Å²) in [6.45, 7) is 11.4. The van der Waals surface area contributed by atoms with Crippen LogP contribution in [-0.2, 0) is 9.47 Å². The van der Waals surface area contributed by atoms with E-state index in [1.54, 1.807) is 41.5 Å². The minimum atomic E-state index is -0.980. The molecule has 128 valence electrons. The lowest BCUT2D eigenvalue weighted by molar-refractivity contribution is -0.102. The Morgan fingerprint density at radius 1 is 1.09 bits per heavy atom. The van der Waals surface area contributed by atoms with Gasteiger partial charge in [0.15, 0.2) is 0 Å². The van der Waals surface area contributed by atoms with Crippen molar-refractivity contribution in [2.45, 2.75) is 64.8 Å². The van der Waals surface area contributed by atoms with Gasteiger partial charge in [0.05, 0.1) is 13.1 Å². The Morgan fingerprint density at radius 2 is 1.59 bits per heavy atom. The second kappa shape index (κ2) is 6.32. The van der Waals surface area contributed by atoms with Crippen molar-refractivity contribution in [3.63, 3.8) is 0 Å². The maximum Gasteiger partial charge on any atom is 0.410 e. The zero-order chi connectivity index (χ0) is 17.2. The molecule has 0 atom stereocenters. The molecular weight excluding hydrogens is 288 g/mol. The van der Waals surface area contributed by atoms with E-state index in [2.05, 4.69) is 5.32 Å². The average molecular weight is 316 g/mol. The fraction of sp³-hybridized carbons (Fsp3) is 0.867. The van der Waals surface area contributed by atoms with E-state index in [0.717, 1.165) is 0 Å². The molecule has 1 aliphatic rings. The van der Waals surface area contributed by atoms with Gasteiger partial charge in [-0.3, -0.25) is 0 Å². The zero-order valence-corrected chi connectivity index (χ0v) is 14.4. The molecule has 1 heterocycles. The van der Waals surface area contributed by atoms with Gasteiger partial charge in [-0.2, -0.15) is 0 Å². The molecule has 0 aromatic carbocycles. The highest BCUT2D eigenvalue weighted by Gasteiger charge is 2.44. The first-order valence-corrected chi connectivity index (χ1v) is 7.47. The topological polar surface area (TPSA) is 88.1 Å². The Bertz CT molecular complexity index is 417. The van der Waals surface area contributed by atoms with Gasteiger partial charge in [-0.1, -0.05) is 0 Å². The predicted octanol–water partition coefficient (Wildman–Crippen LogP) is 1.88. The third-order valence-corrected chi connectivity index (χ3v) is 2.88. The summed E-state index contributed by atoms with van der Waals surface area (Å²) in [6, 6.07) is 0. The Kier molecular flexibility index (Phi) is 5.33. The highest BCUT2D eigenvalue weighted by Crippen LogP contribution is 2.26. The highest BCUT2D eigenvalue weighted by atomic mass is 16.6. The van der Waals surface area contributed by atoms with Gasteiger partial charge >= 0.3 is 12.2 Å². The molecule has 0 spiro atoms. The number of rotatable bonds is 3. The van der Waals surface area contributed by atoms with Gasteiger partial charge in [0.1, 0.15) is 16.8 Å². The first kappa shape index (κ1) is 18.5. The number of likely N-dealkylation sites (tertiary alicyclic amines) is 1. The predicted molar refractivity (Wildman–Crippen MR) is 81.6 cm³/mol. The highest BCUT2D eigenvalue weighted by molar-refractivity contribution is 5.70. The lowest BCUT2D eigenvalue weighted by Gasteiger charge is -2.46. The molecule has 0 radical (unpaired) electrons. The minimum Gasteiger partial charge on any atom is -0.444 e. The molecule has 1 aliphatic heterocycles. The van der Waals surface area contributed by atoms with Crippen LogP contribution in [0, 0.1) is 0 Å². The van der Waals surface area contributed by atoms with Gasteiger partial charge in [0, 0.05) is 6.54 Å². The number of alkyl carbamates (subject to hydrolysis) is 1. The number of nitrogens with zero attached hydrogens (tertiary/aromatic N) is 1. The molecule has 0 aromatic heterocycles. The van der Waals surface area contributed by atoms with E-state index in [4.69, 9.17) is 9.47 Å². The summed E-state index contributed by atoms with van der Waals surface area (Å²) in [4.78, 5) is 24.7. The van der Waals surface area contributed by atoms with Crippen LogP contribution < -0.4 is 5.32 Å². The van der Waals surface area contributed by atoms with Crippen LogP contribution >= 0.6 is 0 Å². The van der Waals surface area contributed by atoms with E-state index in [9.17, 15) is 14.7 Å². The first-order valence-electron chi connectivity index (χ1n) is 7.47. The number of carbonyl (C=O) groups excluding carboxylic acids is 2. The SMILES string of the molecule is CC(C)(C)OC(=O)NCCC1(O)CN(C(=O)OC(C)(C)C)C1. The van der Waals surface area contributed by atoms with Crippen LogP contribution in [0.3, 0.4) is 0 Å². The Morgan fingerprint density at radius 3 is 2.05 bits per heavy atom. The third-order valence-electron chi connectivity index (χ3n) is 2.88. The monoisotopic (exact) mass is 316 g/mol. The number of carbonyl (C=O) groups is 2. The molecular formula is C15H28N2O5. The molecule has 1 fully saturated rings. The maximum absolute atomic E-state index is 11.8. The van der Waals surface area contributed by atoms with Crippen molar-refractivity contribution in [1.82, 2.24) is 10.2 Å². The second-order valence-corrected chi connectivity index (χ2v) is 7.74. The quantitative estimate of drug-likeness (QED) is 0.830. The van der Waals surface area contributed by atoms with Crippen LogP contribution in [0.25, 0.3) is 0 Å². The van der Waals surface area contributed by atoms with E-state index < -0.39 is 29.0 Å². The standard InChI is InChI=1S/C15H28N2O5/c1-13(2,3)21-11(18)16-8-7-15(20)9-17(10-15)12(19)22-14(4,5)6/h20H,7-10H2,1-6H3,(H,16,18). The molecule has 0 bridgehead atoms. The molecule has 7 heteroatoms. The molecule has 22 heavy (non-hydrogen) atoms. The smallest absolute Gasteiger partial charge is 0.410 e. The van der Waals surface area contributed by atoms with Crippen LogP contribution in [0.4, 0.5) is 9.59 Å². The second-order valence-electron chi connectivity index (χ2n) is 7.74. The third kappa shape index (κ3) is 6.51. The molecule has 0 unspecified atom stereocenters. The summed E-state index contributed by atoms with van der Waals surface area (Å²) in [6.07, 6.45) is -0.595. The fourth-order valence-corrected chi connectivity index (χ4v) is 1.99. The van der Waals surface area contributed by atoms with Crippen molar-refractivity contribution in [2.24, 2.45) is 0 Å². The summed E-state index contributed by atoms with van der Waals surface area (Å²) >= 11 is 0. The normalized spacial score (nSPS) is 17.5. The molecule has 0 aliphatic carbocycles. The number of aliphatic hydroxyl groups is 1. The van der Waals surface area contributed by atoms with Crippen LogP contribution in [0.1, 0.15) is 48.0 Å². The van der Waals surface area contributed by atoms with Crippen molar-refractivity contribution in [2.75, 3.05) is 19.6 Å². The Balaban J connectivity index is 2.27. The van der Waals surface area contributed by atoms with Crippen molar-refractivity contribution in [3.05, 3.63) is 0 Å². The minimum absolute atomic E-state index is 0.206. The van der Waals surface area contributed by atoms with Crippen LogP contribution in [0.15, 0.2) is 0 Å². The zero-order valence-electron chi connectivity index (χ0n) is 14.4. The van der Waals surface area contributed by atoms with E-state index in [1.165, 1.54) is 4.90 Å². The van der Waals surface area contributed by atoms with Gasteiger partial charge in [-0.15, -0.1) is 0 Å². The summed E-state index contributed by atoms with van der Waals surface area (Å²) in [5.41, 5.74) is -2.08. The van der Waals surface area contributed by atoms with Crippen molar-refractivity contribution >= 4 is 12.2 Å². The number of ether oxygens (including phenoxy) is 2. The average Bonchev–Trinajstić information content (AvgIpc) is 2.20. The van der Waals surface area contributed by atoms with Crippen LogP contribution in [0.2, 0.25) is 0 Å². The summed E-state index contributed by atoms with van der Waals surface area (Å²) in [5, 5.41) is 12.8. The molecule has 2 amide bonds. The number of hydrogen-bond donors (Lipinski definition) is 2. The van der Waals surface area contributed by atoms with Crippen molar-refractivity contribution in [1.29, 1.82) is 0 Å². The number of nitrogens with one attached hydrogen (secondary N) is 1. The number of amides is 2. The molecule has 7 nitrogen and oxygen atoms in total. The number of hydrogen-bond acceptors (Lipinski definition) is 5. The lowest BCUT2D eigenvalue weighted by Crippen LogP contribution is -2.64. The van der Waals surface area contributed by atoms with E-state index >= 15 is 0 Å². The molecule has 0 aromatic rings. The van der Waals surface area contributed by atoms with E-state index in [-0.39, 0.29) is 19.6 Å². The van der Waals surface area contributed by atoms with Gasteiger partial charge in [-0.25, -0.2) is 9.59 Å². The van der Waals surface area contributed by atoms with Gasteiger partial charge in [-0.05, 0) is 48.0 Å². The van der Waals surface area contributed by atoms with Crippen LogP contribution in [0.5, 0.6) is 0 Å². The van der Waals surface area contributed by atoms with Crippen LogP contribution in [-0.4, -0.2) is 58.6 Å². The van der Waals surface area contributed by atoms with Crippen molar-refractivity contribution < 1.29 is 24.2 Å². The van der Waals surface area contributed by atoms with Gasteiger partial charge in [0.25, 0.3) is 0 Å². The first-order chi connectivity index (χ1) is 9.80. The van der Waals surface area contributed by atoms with Crippen molar-refractivity contribution in [3.8, 4) is 0 Å². The molecule has 2 N–H and O–H groups in total. The fourth-order valence-electron chi connectivity index (χ4n) is 1.99. The summed E-state index contributed by atoms with van der Waals surface area (Å²) in [5.74, 6) is 0. The summed E-state index contributed by atoms with van der Waals surface area (Å²) < 4.78 is 10.3.